The van der Waals surface area contributed by atoms with Gasteiger partial charge in [0.2, 0.25) is 0 Å². The maximum Gasteiger partial charge on any atom is 0.303 e. The van der Waals surface area contributed by atoms with E-state index in [1.807, 2.05) is 0 Å². The summed E-state index contributed by atoms with van der Waals surface area (Å²) in [5, 5.41) is 0. The number of hydrogen-bond donors (Lipinski definition) is 0. The highest BCUT2D eigenvalue weighted by Crippen LogP contribution is 2.66. The second kappa shape index (κ2) is 5.76. The molecule has 0 spiro atoms. The van der Waals surface area contributed by atoms with Gasteiger partial charge >= 0.3 is 5.97 Å². The lowest BCUT2D eigenvalue weighted by atomic mass is 9.49. The summed E-state index contributed by atoms with van der Waals surface area (Å²) in [6.07, 6.45) is 13.2. The van der Waals surface area contributed by atoms with Gasteiger partial charge in [0.1, 0.15) is 0 Å². The highest BCUT2D eigenvalue weighted by atomic mass is 16.6. The Balaban J connectivity index is 1.76. The first-order valence-electron chi connectivity index (χ1n) is 9.98. The maximum atomic E-state index is 12.7. The van der Waals surface area contributed by atoms with Crippen LogP contribution in [0.2, 0.25) is 0 Å². The van der Waals surface area contributed by atoms with Gasteiger partial charge in [0.05, 0.1) is 0 Å². The SMILES string of the molecule is CC(=O)O[C@]1(C(C)=O)CC[C@H]2[C@@H]3C=CC4=CC(=O)C=C[C@@]4(C)[C@@H]3CC[C@@]21C. The smallest absolute Gasteiger partial charge is 0.303 e. The summed E-state index contributed by atoms with van der Waals surface area (Å²) in [5.41, 5.74) is -0.396. The van der Waals surface area contributed by atoms with E-state index < -0.39 is 5.60 Å². The molecule has 0 aromatic carbocycles. The Labute approximate surface area is 160 Å². The maximum absolute atomic E-state index is 12.7. The van der Waals surface area contributed by atoms with Crippen LogP contribution >= 0.6 is 0 Å². The van der Waals surface area contributed by atoms with Crippen LogP contribution in [0, 0.1) is 28.6 Å². The highest BCUT2D eigenvalue weighted by Gasteiger charge is 2.67. The van der Waals surface area contributed by atoms with Crippen LogP contribution in [0.4, 0.5) is 0 Å². The average Bonchev–Trinajstić information content (AvgIpc) is 2.89. The second-order valence-electron chi connectivity index (χ2n) is 9.24. The molecule has 4 aliphatic rings. The van der Waals surface area contributed by atoms with Crippen LogP contribution in [0.5, 0.6) is 0 Å². The van der Waals surface area contributed by atoms with Crippen molar-refractivity contribution in [1.82, 2.24) is 0 Å². The van der Waals surface area contributed by atoms with Crippen LogP contribution in [0.25, 0.3) is 0 Å². The van der Waals surface area contributed by atoms with Gasteiger partial charge in [0.25, 0.3) is 0 Å². The monoisotopic (exact) mass is 368 g/mol. The first kappa shape index (κ1) is 18.4. The molecular formula is C23H28O4. The summed E-state index contributed by atoms with van der Waals surface area (Å²) in [7, 11) is 0. The van der Waals surface area contributed by atoms with E-state index in [-0.39, 0.29) is 28.4 Å². The standard InChI is InChI=1S/C23H28O4/c1-14(24)23(27-15(2)25)12-9-20-18-6-5-16-13-17(26)7-10-21(16,3)19(18)8-11-22(20,23)4/h5-7,10,13,18-20H,8-9,11-12H2,1-4H3/t18-,19-,20+,21-,22+,23+/m1/s1. The zero-order valence-electron chi connectivity index (χ0n) is 16.6. The summed E-state index contributed by atoms with van der Waals surface area (Å²) in [4.78, 5) is 36.4. The molecule has 0 heterocycles. The molecule has 4 heteroatoms. The summed E-state index contributed by atoms with van der Waals surface area (Å²) < 4.78 is 5.78. The van der Waals surface area contributed by atoms with Crippen molar-refractivity contribution in [2.45, 2.75) is 59.0 Å². The molecule has 0 aromatic rings. The van der Waals surface area contributed by atoms with Gasteiger partial charge in [0, 0.05) is 17.8 Å². The van der Waals surface area contributed by atoms with Crippen LogP contribution in [0.15, 0.2) is 36.0 Å². The van der Waals surface area contributed by atoms with Crippen LogP contribution in [-0.2, 0) is 19.1 Å². The fraction of sp³-hybridized carbons (Fsp3) is 0.609. The van der Waals surface area contributed by atoms with Crippen molar-refractivity contribution in [3.63, 3.8) is 0 Å². The predicted octanol–water partition coefficient (Wildman–Crippen LogP) is 3.96. The molecule has 0 amide bonds. The van der Waals surface area contributed by atoms with Crippen LogP contribution in [0.1, 0.15) is 53.4 Å². The molecule has 4 aliphatic carbocycles. The normalized spacial score (nSPS) is 44.8. The van der Waals surface area contributed by atoms with Crippen molar-refractivity contribution in [2.75, 3.05) is 0 Å². The fourth-order valence-corrected chi connectivity index (χ4v) is 6.71. The zero-order valence-corrected chi connectivity index (χ0v) is 16.6. The molecule has 27 heavy (non-hydrogen) atoms. The predicted molar refractivity (Wildman–Crippen MR) is 102 cm³/mol. The van der Waals surface area contributed by atoms with E-state index in [4.69, 9.17) is 4.74 Å². The van der Waals surface area contributed by atoms with Gasteiger partial charge in [-0.3, -0.25) is 14.4 Å². The van der Waals surface area contributed by atoms with Crippen molar-refractivity contribution < 1.29 is 19.1 Å². The third-order valence-electron chi connectivity index (χ3n) is 8.12. The Hall–Kier alpha value is -1.97. The molecule has 4 nitrogen and oxygen atoms in total. The molecule has 0 unspecified atom stereocenters. The van der Waals surface area contributed by atoms with E-state index in [9.17, 15) is 14.4 Å². The van der Waals surface area contributed by atoms with Crippen molar-refractivity contribution in [1.29, 1.82) is 0 Å². The number of ketones is 2. The molecule has 6 atom stereocenters. The van der Waals surface area contributed by atoms with Gasteiger partial charge in [-0.2, -0.15) is 0 Å². The Bertz CT molecular complexity index is 818. The van der Waals surface area contributed by atoms with E-state index in [0.717, 1.165) is 24.8 Å². The summed E-state index contributed by atoms with van der Waals surface area (Å²) in [6, 6.07) is 0. The van der Waals surface area contributed by atoms with Crippen molar-refractivity contribution >= 4 is 17.5 Å². The van der Waals surface area contributed by atoms with E-state index in [0.29, 0.717) is 24.2 Å². The molecule has 2 fully saturated rings. The number of ether oxygens (including phenoxy) is 1. The lowest BCUT2D eigenvalue weighted by molar-refractivity contribution is -0.184. The number of esters is 1. The average molecular weight is 368 g/mol. The number of fused-ring (bicyclic) bond motifs is 5. The van der Waals surface area contributed by atoms with Gasteiger partial charge in [-0.05, 0) is 68.1 Å². The van der Waals surface area contributed by atoms with Gasteiger partial charge in [0.15, 0.2) is 17.2 Å². The van der Waals surface area contributed by atoms with Crippen molar-refractivity contribution in [3.8, 4) is 0 Å². The Morgan fingerprint density at radius 1 is 1.07 bits per heavy atom. The van der Waals surface area contributed by atoms with E-state index >= 15 is 0 Å². The molecule has 0 bridgehead atoms. The van der Waals surface area contributed by atoms with E-state index in [2.05, 4.69) is 32.1 Å². The van der Waals surface area contributed by atoms with Crippen molar-refractivity contribution in [2.24, 2.45) is 28.6 Å². The third kappa shape index (κ3) is 2.31. The van der Waals surface area contributed by atoms with Gasteiger partial charge in [-0.1, -0.05) is 32.1 Å². The van der Waals surface area contributed by atoms with Gasteiger partial charge in [-0.15, -0.1) is 0 Å². The Kier molecular flexibility index (Phi) is 3.93. The van der Waals surface area contributed by atoms with Gasteiger partial charge in [-0.25, -0.2) is 0 Å². The Morgan fingerprint density at radius 2 is 1.78 bits per heavy atom. The van der Waals surface area contributed by atoms with E-state index in [1.165, 1.54) is 6.92 Å². The molecule has 0 aromatic heterocycles. The topological polar surface area (TPSA) is 60.4 Å². The number of rotatable bonds is 2. The summed E-state index contributed by atoms with van der Waals surface area (Å²) >= 11 is 0. The first-order valence-corrected chi connectivity index (χ1v) is 9.98. The molecule has 144 valence electrons. The zero-order chi connectivity index (χ0) is 19.6. The van der Waals surface area contributed by atoms with Gasteiger partial charge < -0.3 is 4.74 Å². The minimum Gasteiger partial charge on any atom is -0.451 e. The first-order chi connectivity index (χ1) is 12.6. The van der Waals surface area contributed by atoms with Crippen LogP contribution in [0.3, 0.4) is 0 Å². The molecule has 4 rings (SSSR count). The van der Waals surface area contributed by atoms with Crippen LogP contribution < -0.4 is 0 Å². The number of allylic oxidation sites excluding steroid dienone is 6. The summed E-state index contributed by atoms with van der Waals surface area (Å²) in [6.45, 7) is 7.34. The Morgan fingerprint density at radius 3 is 2.44 bits per heavy atom. The third-order valence-corrected chi connectivity index (χ3v) is 8.12. The number of carbonyl (C=O) groups is 3. The number of carbonyl (C=O) groups excluding carboxylic acids is 3. The fourth-order valence-electron chi connectivity index (χ4n) is 6.71. The molecule has 2 saturated carbocycles. The minimum absolute atomic E-state index is 0.0316. The van der Waals surface area contributed by atoms with Crippen molar-refractivity contribution in [3.05, 3.63) is 36.0 Å². The largest absolute Gasteiger partial charge is 0.451 e. The lowest BCUT2D eigenvalue weighted by Gasteiger charge is -2.56. The molecule has 0 radical (unpaired) electrons. The highest BCUT2D eigenvalue weighted by molar-refractivity contribution is 6.01. The quantitative estimate of drug-likeness (QED) is 0.692. The molecule has 0 aliphatic heterocycles. The molecule has 0 saturated heterocycles. The van der Waals surface area contributed by atoms with E-state index in [1.54, 1.807) is 19.1 Å². The molecular weight excluding hydrogens is 340 g/mol. The minimum atomic E-state index is -1.00. The number of Topliss-reactive ketones (excluding diaryl/α,β-unsaturated/α-hetero) is 1. The number of hydrogen-bond acceptors (Lipinski definition) is 4. The van der Waals surface area contributed by atoms with Crippen LogP contribution in [-0.4, -0.2) is 23.1 Å². The lowest BCUT2D eigenvalue weighted by Crippen LogP contribution is -2.57. The summed E-state index contributed by atoms with van der Waals surface area (Å²) in [5.74, 6) is 0.657. The second-order valence-corrected chi connectivity index (χ2v) is 9.24. The molecule has 0 N–H and O–H groups in total.